The van der Waals surface area contributed by atoms with Gasteiger partial charge >= 0.3 is 5.97 Å². The van der Waals surface area contributed by atoms with Crippen LogP contribution in [0.25, 0.3) is 0 Å². The molecule has 31 heavy (non-hydrogen) atoms. The Morgan fingerprint density at radius 2 is 1.84 bits per heavy atom. The molecule has 0 saturated heterocycles. The Morgan fingerprint density at radius 1 is 1.06 bits per heavy atom. The minimum atomic E-state index is -0.622. The molecule has 1 atom stereocenters. The fraction of sp³-hybridized carbons (Fsp3) is 0.227. The number of rotatable bonds is 7. The number of hydrogen-bond acceptors (Lipinski definition) is 8. The number of amides is 1. The fourth-order valence-corrected chi connectivity index (χ4v) is 4.81. The Kier molecular flexibility index (Phi) is 6.34. The first-order chi connectivity index (χ1) is 15.1. The molecule has 0 saturated carbocycles. The molecule has 160 valence electrons. The molecule has 7 nitrogen and oxygen atoms in total. The summed E-state index contributed by atoms with van der Waals surface area (Å²) in [5.41, 5.74) is 1.12. The maximum atomic E-state index is 12.9. The first kappa shape index (κ1) is 21.1. The highest BCUT2D eigenvalue weighted by Crippen LogP contribution is 2.36. The van der Waals surface area contributed by atoms with E-state index in [1.54, 1.807) is 34.8 Å². The molecule has 0 spiro atoms. The van der Waals surface area contributed by atoms with E-state index in [1.807, 2.05) is 35.0 Å². The number of hydrazone groups is 1. The maximum Gasteiger partial charge on any atom is 0.338 e. The van der Waals surface area contributed by atoms with Crippen LogP contribution in [0.5, 0.6) is 11.5 Å². The van der Waals surface area contributed by atoms with Gasteiger partial charge in [-0.1, -0.05) is 12.1 Å². The van der Waals surface area contributed by atoms with Crippen LogP contribution in [0.2, 0.25) is 0 Å². The summed E-state index contributed by atoms with van der Waals surface area (Å²) in [6.45, 7) is -0.406. The highest BCUT2D eigenvalue weighted by molar-refractivity contribution is 7.12. The zero-order valence-electron chi connectivity index (χ0n) is 16.9. The van der Waals surface area contributed by atoms with Crippen molar-refractivity contribution in [3.05, 3.63) is 68.5 Å². The van der Waals surface area contributed by atoms with Gasteiger partial charge in [-0.25, -0.2) is 9.80 Å². The van der Waals surface area contributed by atoms with Crippen LogP contribution in [0.4, 0.5) is 0 Å². The summed E-state index contributed by atoms with van der Waals surface area (Å²) in [6, 6.07) is 12.4. The molecule has 3 aromatic rings. The smallest absolute Gasteiger partial charge is 0.338 e. The number of carbonyl (C=O) groups is 2. The van der Waals surface area contributed by atoms with E-state index in [0.29, 0.717) is 17.9 Å². The predicted molar refractivity (Wildman–Crippen MR) is 119 cm³/mol. The second-order valence-corrected chi connectivity index (χ2v) is 8.57. The van der Waals surface area contributed by atoms with Crippen LogP contribution in [0, 0.1) is 0 Å². The first-order valence-electron chi connectivity index (χ1n) is 9.46. The summed E-state index contributed by atoms with van der Waals surface area (Å²) in [5, 5.41) is 9.94. The van der Waals surface area contributed by atoms with Gasteiger partial charge in [0.25, 0.3) is 5.91 Å². The van der Waals surface area contributed by atoms with Crippen LogP contribution in [0.3, 0.4) is 0 Å². The average molecular weight is 457 g/mol. The SMILES string of the molecule is COc1ccc(C(=O)OCC(=O)N2N=C(c3cccs3)CC2c2cccs2)cc1OC. The largest absolute Gasteiger partial charge is 0.493 e. The van der Waals surface area contributed by atoms with Gasteiger partial charge in [-0.3, -0.25) is 4.79 Å². The van der Waals surface area contributed by atoms with Gasteiger partial charge in [0.1, 0.15) is 0 Å². The lowest BCUT2D eigenvalue weighted by Crippen LogP contribution is -2.31. The molecule has 0 aliphatic carbocycles. The molecule has 0 radical (unpaired) electrons. The summed E-state index contributed by atoms with van der Waals surface area (Å²) in [6.07, 6.45) is 0.621. The molecule has 1 aliphatic rings. The topological polar surface area (TPSA) is 77.4 Å². The molecule has 0 N–H and O–H groups in total. The standard InChI is InChI=1S/C22H20N2O5S2/c1-27-17-8-7-14(11-18(17)28-2)22(26)29-13-21(25)24-16(20-6-4-10-31-20)12-15(23-24)19-5-3-9-30-19/h3-11,16H,12-13H2,1-2H3. The van der Waals surface area contributed by atoms with E-state index in [4.69, 9.17) is 14.2 Å². The van der Waals surface area contributed by atoms with Gasteiger partial charge in [0, 0.05) is 11.3 Å². The van der Waals surface area contributed by atoms with Crippen molar-refractivity contribution < 1.29 is 23.8 Å². The number of esters is 1. The lowest BCUT2D eigenvalue weighted by molar-refractivity contribution is -0.136. The van der Waals surface area contributed by atoms with Crippen molar-refractivity contribution in [2.75, 3.05) is 20.8 Å². The molecular weight excluding hydrogens is 436 g/mol. The summed E-state index contributed by atoms with van der Waals surface area (Å²) in [5.74, 6) is -0.0883. The highest BCUT2D eigenvalue weighted by atomic mass is 32.1. The molecule has 0 fully saturated rings. The number of hydrogen-bond donors (Lipinski definition) is 0. The molecular formula is C22H20N2O5S2. The first-order valence-corrected chi connectivity index (χ1v) is 11.2. The number of thiophene rings is 2. The third-order valence-corrected chi connectivity index (χ3v) is 6.68. The van der Waals surface area contributed by atoms with E-state index < -0.39 is 12.6 Å². The second kappa shape index (κ2) is 9.32. The highest BCUT2D eigenvalue weighted by Gasteiger charge is 2.34. The van der Waals surface area contributed by atoms with E-state index in [0.717, 1.165) is 15.5 Å². The van der Waals surface area contributed by atoms with E-state index in [2.05, 4.69) is 5.10 Å². The van der Waals surface area contributed by atoms with Crippen LogP contribution in [-0.4, -0.2) is 43.4 Å². The van der Waals surface area contributed by atoms with Crippen LogP contribution < -0.4 is 9.47 Å². The predicted octanol–water partition coefficient (Wildman–Crippen LogP) is 4.36. The Labute approximate surface area is 187 Å². The average Bonchev–Trinajstić information content (AvgIpc) is 3.56. The summed E-state index contributed by atoms with van der Waals surface area (Å²) >= 11 is 3.15. The van der Waals surface area contributed by atoms with Gasteiger partial charge in [-0.2, -0.15) is 5.10 Å². The molecule has 1 aliphatic heterocycles. The second-order valence-electron chi connectivity index (χ2n) is 6.64. The van der Waals surface area contributed by atoms with Gasteiger partial charge in [0.2, 0.25) is 0 Å². The lowest BCUT2D eigenvalue weighted by Gasteiger charge is -2.20. The van der Waals surface area contributed by atoms with Gasteiger partial charge in [0.15, 0.2) is 18.1 Å². The van der Waals surface area contributed by atoms with Gasteiger partial charge in [0.05, 0.1) is 36.4 Å². The minimum Gasteiger partial charge on any atom is -0.493 e. The summed E-state index contributed by atoms with van der Waals surface area (Å²) in [7, 11) is 3.00. The van der Waals surface area contributed by atoms with Crippen LogP contribution in [0.15, 0.2) is 58.3 Å². The Hall–Kier alpha value is -3.17. The number of methoxy groups -OCH3 is 2. The van der Waals surface area contributed by atoms with Gasteiger partial charge in [-0.15, -0.1) is 22.7 Å². The van der Waals surface area contributed by atoms with Crippen molar-refractivity contribution >= 4 is 40.3 Å². The number of nitrogens with zero attached hydrogens (tertiary/aromatic N) is 2. The number of benzene rings is 1. The van der Waals surface area contributed by atoms with Gasteiger partial charge in [-0.05, 0) is 41.1 Å². The molecule has 0 bridgehead atoms. The molecule has 1 unspecified atom stereocenters. The van der Waals surface area contributed by atoms with Crippen LogP contribution in [-0.2, 0) is 9.53 Å². The maximum absolute atomic E-state index is 12.9. The van der Waals surface area contributed by atoms with Crippen molar-refractivity contribution in [3.8, 4) is 11.5 Å². The monoisotopic (exact) mass is 456 g/mol. The van der Waals surface area contributed by atoms with Crippen molar-refractivity contribution in [1.29, 1.82) is 0 Å². The third kappa shape index (κ3) is 4.47. The number of ether oxygens (including phenoxy) is 3. The molecule has 1 amide bonds. The quantitative estimate of drug-likeness (QED) is 0.494. The van der Waals surface area contributed by atoms with Crippen molar-refractivity contribution in [1.82, 2.24) is 5.01 Å². The van der Waals surface area contributed by atoms with Crippen LogP contribution >= 0.6 is 22.7 Å². The van der Waals surface area contributed by atoms with Gasteiger partial charge < -0.3 is 14.2 Å². The molecule has 2 aromatic heterocycles. The normalized spacial score (nSPS) is 15.5. The minimum absolute atomic E-state index is 0.204. The molecule has 4 rings (SSSR count). The Bertz CT molecular complexity index is 1090. The van der Waals surface area contributed by atoms with Crippen molar-refractivity contribution in [2.45, 2.75) is 12.5 Å². The van der Waals surface area contributed by atoms with E-state index >= 15 is 0 Å². The van der Waals surface area contributed by atoms with Crippen molar-refractivity contribution in [3.63, 3.8) is 0 Å². The molecule has 1 aromatic carbocycles. The number of carbonyl (C=O) groups excluding carboxylic acids is 2. The van der Waals surface area contributed by atoms with E-state index in [-0.39, 0.29) is 17.5 Å². The van der Waals surface area contributed by atoms with Crippen LogP contribution in [0.1, 0.15) is 32.6 Å². The van der Waals surface area contributed by atoms with E-state index in [1.165, 1.54) is 25.3 Å². The fourth-order valence-electron chi connectivity index (χ4n) is 3.27. The van der Waals surface area contributed by atoms with Crippen molar-refractivity contribution in [2.24, 2.45) is 5.10 Å². The molecule has 9 heteroatoms. The summed E-state index contributed by atoms with van der Waals surface area (Å²) in [4.78, 5) is 27.5. The summed E-state index contributed by atoms with van der Waals surface area (Å²) < 4.78 is 15.7. The zero-order chi connectivity index (χ0) is 21.8. The molecule has 3 heterocycles. The zero-order valence-corrected chi connectivity index (χ0v) is 18.6. The Balaban J connectivity index is 1.48. The third-order valence-electron chi connectivity index (χ3n) is 4.79. The Morgan fingerprint density at radius 3 is 2.52 bits per heavy atom. The lowest BCUT2D eigenvalue weighted by atomic mass is 10.1. The van der Waals surface area contributed by atoms with E-state index in [9.17, 15) is 9.59 Å².